The summed E-state index contributed by atoms with van der Waals surface area (Å²) in [6, 6.07) is 7.08. The highest BCUT2D eigenvalue weighted by Gasteiger charge is 2.37. The Labute approximate surface area is 136 Å². The van der Waals surface area contributed by atoms with E-state index in [1.54, 1.807) is 24.3 Å². The predicted molar refractivity (Wildman–Crippen MR) is 88.5 cm³/mol. The van der Waals surface area contributed by atoms with Crippen LogP contribution in [0.25, 0.3) is 0 Å². The van der Waals surface area contributed by atoms with E-state index in [9.17, 15) is 14.7 Å². The third-order valence-corrected chi connectivity index (χ3v) is 4.35. The van der Waals surface area contributed by atoms with Crippen LogP contribution in [0.5, 0.6) is 5.75 Å². The van der Waals surface area contributed by atoms with E-state index in [1.807, 2.05) is 20.8 Å². The summed E-state index contributed by atoms with van der Waals surface area (Å²) >= 11 is 0. The Hall–Kier alpha value is -2.30. The Balaban J connectivity index is 2.10. The number of aliphatic carboxylic acids is 1. The van der Waals surface area contributed by atoms with Gasteiger partial charge in [-0.25, -0.2) is 0 Å². The molecule has 23 heavy (non-hydrogen) atoms. The maximum Gasteiger partial charge on any atom is 0.307 e. The molecule has 0 aliphatic heterocycles. The van der Waals surface area contributed by atoms with E-state index in [0.29, 0.717) is 25.1 Å². The largest absolute Gasteiger partial charge is 0.494 e. The number of amides is 1. The lowest BCUT2D eigenvalue weighted by molar-refractivity contribution is -0.146. The number of ether oxygens (including phenoxy) is 1. The standard InChI is InChI=1S/C18H23NO4/c1-4-23-14-7-5-13(6-8-14)19-17(20)15-9-11(2)12(3)10-16(15)18(21)22/h5-8,15-16H,4,9-10H2,1-3H3,(H,19,20)(H,21,22)/t15-,16+/m1/s1. The molecule has 1 aromatic carbocycles. The second kappa shape index (κ2) is 7.31. The summed E-state index contributed by atoms with van der Waals surface area (Å²) < 4.78 is 5.36. The highest BCUT2D eigenvalue weighted by Crippen LogP contribution is 2.35. The van der Waals surface area contributed by atoms with Crippen LogP contribution in [0.4, 0.5) is 5.69 Å². The van der Waals surface area contributed by atoms with Crippen LogP contribution >= 0.6 is 0 Å². The molecule has 5 heteroatoms. The van der Waals surface area contributed by atoms with E-state index >= 15 is 0 Å². The van der Waals surface area contributed by atoms with Gasteiger partial charge in [-0.15, -0.1) is 0 Å². The van der Waals surface area contributed by atoms with Crippen molar-refractivity contribution in [2.45, 2.75) is 33.6 Å². The van der Waals surface area contributed by atoms with E-state index in [-0.39, 0.29) is 5.91 Å². The van der Waals surface area contributed by atoms with Gasteiger partial charge in [-0.3, -0.25) is 9.59 Å². The maximum atomic E-state index is 12.5. The number of hydrogen-bond donors (Lipinski definition) is 2. The van der Waals surface area contributed by atoms with Crippen LogP contribution in [0, 0.1) is 11.8 Å². The van der Waals surface area contributed by atoms with E-state index in [1.165, 1.54) is 0 Å². The lowest BCUT2D eigenvalue weighted by Crippen LogP contribution is -2.36. The van der Waals surface area contributed by atoms with Crippen molar-refractivity contribution in [1.29, 1.82) is 0 Å². The Bertz CT molecular complexity index is 618. The number of allylic oxidation sites excluding steroid dienone is 2. The minimum atomic E-state index is -0.913. The Morgan fingerprint density at radius 2 is 1.70 bits per heavy atom. The first-order chi connectivity index (χ1) is 10.9. The van der Waals surface area contributed by atoms with Gasteiger partial charge in [-0.05, 0) is 57.9 Å². The van der Waals surface area contributed by atoms with Gasteiger partial charge < -0.3 is 15.2 Å². The van der Waals surface area contributed by atoms with Crippen LogP contribution in [0.3, 0.4) is 0 Å². The molecule has 0 spiro atoms. The number of carboxylic acids is 1. The summed E-state index contributed by atoms with van der Waals surface area (Å²) in [6.07, 6.45) is 0.925. The molecule has 5 nitrogen and oxygen atoms in total. The van der Waals surface area contributed by atoms with Crippen LogP contribution in [-0.4, -0.2) is 23.6 Å². The number of carboxylic acid groups (broad SMARTS) is 1. The number of hydrogen-bond acceptors (Lipinski definition) is 3. The zero-order valence-electron chi connectivity index (χ0n) is 13.8. The first-order valence-electron chi connectivity index (χ1n) is 7.84. The highest BCUT2D eigenvalue weighted by molar-refractivity contribution is 5.95. The summed E-state index contributed by atoms with van der Waals surface area (Å²) in [7, 11) is 0. The number of carbonyl (C=O) groups is 2. The normalized spacial score (nSPS) is 21.0. The molecular formula is C18H23NO4. The highest BCUT2D eigenvalue weighted by atomic mass is 16.5. The number of carbonyl (C=O) groups excluding carboxylic acids is 1. The van der Waals surface area contributed by atoms with E-state index in [4.69, 9.17) is 4.74 Å². The van der Waals surface area contributed by atoms with Gasteiger partial charge in [-0.1, -0.05) is 11.1 Å². The van der Waals surface area contributed by atoms with Crippen molar-refractivity contribution >= 4 is 17.6 Å². The van der Waals surface area contributed by atoms with Crippen LogP contribution in [0.1, 0.15) is 33.6 Å². The lowest BCUT2D eigenvalue weighted by atomic mass is 9.76. The van der Waals surface area contributed by atoms with Crippen LogP contribution in [0.15, 0.2) is 35.4 Å². The third kappa shape index (κ3) is 4.12. The smallest absolute Gasteiger partial charge is 0.307 e. The van der Waals surface area contributed by atoms with Gasteiger partial charge in [0, 0.05) is 5.69 Å². The molecule has 1 aromatic rings. The molecule has 124 valence electrons. The topological polar surface area (TPSA) is 75.6 Å². The van der Waals surface area contributed by atoms with Gasteiger partial charge in [0.15, 0.2) is 0 Å². The van der Waals surface area contributed by atoms with Crippen molar-refractivity contribution in [3.05, 3.63) is 35.4 Å². The van der Waals surface area contributed by atoms with E-state index in [2.05, 4.69) is 5.32 Å². The van der Waals surface area contributed by atoms with E-state index < -0.39 is 17.8 Å². The molecule has 0 unspecified atom stereocenters. The molecule has 0 fully saturated rings. The molecule has 0 heterocycles. The summed E-state index contributed by atoms with van der Waals surface area (Å²) in [5.41, 5.74) is 2.82. The molecule has 2 rings (SSSR count). The van der Waals surface area contributed by atoms with Crippen molar-refractivity contribution < 1.29 is 19.4 Å². The zero-order chi connectivity index (χ0) is 17.0. The number of benzene rings is 1. The van der Waals surface area contributed by atoms with Crippen LogP contribution in [0.2, 0.25) is 0 Å². The molecule has 2 atom stereocenters. The van der Waals surface area contributed by atoms with Gasteiger partial charge >= 0.3 is 5.97 Å². The van der Waals surface area contributed by atoms with Crippen LogP contribution < -0.4 is 10.1 Å². The molecule has 1 amide bonds. The summed E-state index contributed by atoms with van der Waals surface area (Å²) in [4.78, 5) is 24.0. The van der Waals surface area contributed by atoms with Crippen molar-refractivity contribution in [1.82, 2.24) is 0 Å². The molecular weight excluding hydrogens is 294 g/mol. The van der Waals surface area contributed by atoms with Crippen molar-refractivity contribution in [3.8, 4) is 5.75 Å². The average molecular weight is 317 g/mol. The molecule has 0 aromatic heterocycles. The summed E-state index contributed by atoms with van der Waals surface area (Å²) in [5, 5.41) is 12.2. The fraction of sp³-hybridized carbons (Fsp3) is 0.444. The number of rotatable bonds is 5. The summed E-state index contributed by atoms with van der Waals surface area (Å²) in [6.45, 7) is 6.39. The molecule has 0 saturated carbocycles. The number of anilines is 1. The van der Waals surface area contributed by atoms with Gasteiger partial charge in [0.05, 0.1) is 18.4 Å². The van der Waals surface area contributed by atoms with Gasteiger partial charge in [0.25, 0.3) is 0 Å². The molecule has 1 aliphatic rings. The number of nitrogens with one attached hydrogen (secondary N) is 1. The Kier molecular flexibility index (Phi) is 5.42. The van der Waals surface area contributed by atoms with Crippen molar-refractivity contribution in [2.24, 2.45) is 11.8 Å². The zero-order valence-corrected chi connectivity index (χ0v) is 13.8. The molecule has 1 aliphatic carbocycles. The van der Waals surface area contributed by atoms with Crippen molar-refractivity contribution in [2.75, 3.05) is 11.9 Å². The SMILES string of the molecule is CCOc1ccc(NC(=O)[C@@H]2CC(C)=C(C)C[C@@H]2C(=O)O)cc1. The quantitative estimate of drug-likeness (QED) is 0.815. The van der Waals surface area contributed by atoms with Crippen LogP contribution in [-0.2, 0) is 9.59 Å². The molecule has 0 radical (unpaired) electrons. The van der Waals surface area contributed by atoms with E-state index in [0.717, 1.165) is 16.9 Å². The molecule has 0 saturated heterocycles. The third-order valence-electron chi connectivity index (χ3n) is 4.35. The van der Waals surface area contributed by atoms with Crippen molar-refractivity contribution in [3.63, 3.8) is 0 Å². The van der Waals surface area contributed by atoms with Gasteiger partial charge in [-0.2, -0.15) is 0 Å². The second-order valence-corrected chi connectivity index (χ2v) is 5.97. The fourth-order valence-corrected chi connectivity index (χ4v) is 2.86. The van der Waals surface area contributed by atoms with Gasteiger partial charge in [0.1, 0.15) is 5.75 Å². The molecule has 0 bridgehead atoms. The Morgan fingerprint density at radius 3 is 2.22 bits per heavy atom. The first-order valence-corrected chi connectivity index (χ1v) is 7.84. The minimum absolute atomic E-state index is 0.242. The van der Waals surface area contributed by atoms with Gasteiger partial charge in [0.2, 0.25) is 5.91 Å². The average Bonchev–Trinajstić information content (AvgIpc) is 2.51. The second-order valence-electron chi connectivity index (χ2n) is 5.97. The first kappa shape index (κ1) is 17.1. The summed E-state index contributed by atoms with van der Waals surface area (Å²) in [5.74, 6) is -1.62. The molecule has 2 N–H and O–H groups in total. The fourth-order valence-electron chi connectivity index (χ4n) is 2.86. The minimum Gasteiger partial charge on any atom is -0.494 e. The maximum absolute atomic E-state index is 12.5. The monoisotopic (exact) mass is 317 g/mol. The lowest BCUT2D eigenvalue weighted by Gasteiger charge is -2.29. The predicted octanol–water partition coefficient (Wildman–Crippen LogP) is 3.47. The Morgan fingerprint density at radius 1 is 1.13 bits per heavy atom.